The van der Waals surface area contributed by atoms with E-state index in [1.807, 2.05) is 35.8 Å². The lowest BCUT2D eigenvalue weighted by atomic mass is 9.91. The first kappa shape index (κ1) is 14.2. The molecule has 1 saturated carbocycles. The highest BCUT2D eigenvalue weighted by Crippen LogP contribution is 2.38. The molecule has 4 rings (SSSR count). The van der Waals surface area contributed by atoms with Crippen LogP contribution < -0.4 is 10.9 Å². The second-order valence-electron chi connectivity index (χ2n) is 6.55. The first-order valence-corrected chi connectivity index (χ1v) is 8.29. The average molecular weight is 308 g/mol. The van der Waals surface area contributed by atoms with Gasteiger partial charge < -0.3 is 5.32 Å². The maximum absolute atomic E-state index is 13.0. The lowest BCUT2D eigenvalue weighted by molar-refractivity contribution is 0.103. The van der Waals surface area contributed by atoms with Gasteiger partial charge in [-0.1, -0.05) is 37.1 Å². The minimum Gasteiger partial charge on any atom is -0.366 e. The van der Waals surface area contributed by atoms with Crippen molar-refractivity contribution in [3.8, 4) is 0 Å². The molecule has 1 fully saturated rings. The number of hydrogen-bond acceptors (Lipinski definition) is 3. The van der Waals surface area contributed by atoms with Crippen LogP contribution in [0.25, 0.3) is 0 Å². The Morgan fingerprint density at radius 3 is 2.70 bits per heavy atom. The van der Waals surface area contributed by atoms with Crippen LogP contribution in [-0.2, 0) is 0 Å². The zero-order chi connectivity index (χ0) is 16.0. The van der Waals surface area contributed by atoms with Gasteiger partial charge in [0.25, 0.3) is 5.56 Å². The van der Waals surface area contributed by atoms with E-state index in [9.17, 15) is 9.59 Å². The zero-order valence-electron chi connectivity index (χ0n) is 13.2. The molecule has 1 aromatic carbocycles. The minimum atomic E-state index is -0.0157. The highest BCUT2D eigenvalue weighted by Gasteiger charge is 2.36. The van der Waals surface area contributed by atoms with E-state index in [4.69, 9.17) is 0 Å². The summed E-state index contributed by atoms with van der Waals surface area (Å²) in [6.07, 6.45) is 4.39. The number of carbonyl (C=O) groups excluding carboxylic acids is 1. The Hall–Kier alpha value is -2.36. The summed E-state index contributed by atoms with van der Waals surface area (Å²) < 4.78 is 1.81. The van der Waals surface area contributed by atoms with Gasteiger partial charge in [0.15, 0.2) is 5.78 Å². The zero-order valence-corrected chi connectivity index (χ0v) is 13.2. The Morgan fingerprint density at radius 2 is 1.87 bits per heavy atom. The van der Waals surface area contributed by atoms with Crippen molar-refractivity contribution >= 4 is 11.6 Å². The van der Waals surface area contributed by atoms with Crippen molar-refractivity contribution in [3.05, 3.63) is 63.4 Å². The largest absolute Gasteiger partial charge is 0.366 e. The average Bonchev–Trinajstić information content (AvgIpc) is 2.95. The molecular formula is C19H20N2O2. The predicted octanol–water partition coefficient (Wildman–Crippen LogP) is 3.30. The van der Waals surface area contributed by atoms with Gasteiger partial charge in [-0.25, -0.2) is 0 Å². The van der Waals surface area contributed by atoms with Crippen LogP contribution in [-0.4, -0.2) is 16.4 Å². The SMILES string of the molecule is Cc1ccccc1C(=O)c1ccc(=O)n2c1N[C@H]1CCCC[C@@H]12. The summed E-state index contributed by atoms with van der Waals surface area (Å²) in [5, 5.41) is 3.46. The van der Waals surface area contributed by atoms with Crippen LogP contribution in [0.5, 0.6) is 0 Å². The smallest absolute Gasteiger partial charge is 0.252 e. The van der Waals surface area contributed by atoms with E-state index in [1.165, 1.54) is 12.5 Å². The highest BCUT2D eigenvalue weighted by atomic mass is 16.1. The molecule has 0 radical (unpaired) electrons. The molecule has 2 aromatic rings. The van der Waals surface area contributed by atoms with Gasteiger partial charge in [-0.2, -0.15) is 0 Å². The molecule has 4 nitrogen and oxygen atoms in total. The van der Waals surface area contributed by atoms with Gasteiger partial charge in [-0.3, -0.25) is 14.2 Å². The molecule has 1 aliphatic carbocycles. The van der Waals surface area contributed by atoms with Crippen molar-refractivity contribution in [1.29, 1.82) is 0 Å². The Morgan fingerprint density at radius 1 is 1.09 bits per heavy atom. The third kappa shape index (κ3) is 2.21. The second-order valence-corrected chi connectivity index (χ2v) is 6.55. The monoisotopic (exact) mass is 308 g/mol. The third-order valence-electron chi connectivity index (χ3n) is 5.14. The molecule has 0 amide bonds. The van der Waals surface area contributed by atoms with Gasteiger partial charge in [0.1, 0.15) is 5.82 Å². The maximum atomic E-state index is 13.0. The first-order valence-electron chi connectivity index (χ1n) is 8.29. The number of benzene rings is 1. The van der Waals surface area contributed by atoms with Crippen LogP contribution in [0.1, 0.15) is 53.2 Å². The highest BCUT2D eigenvalue weighted by molar-refractivity contribution is 6.12. The number of ketones is 1. The number of pyridine rings is 1. The van der Waals surface area contributed by atoms with Crippen molar-refractivity contribution in [2.75, 3.05) is 5.32 Å². The van der Waals surface area contributed by atoms with Crippen LogP contribution in [0.2, 0.25) is 0 Å². The van der Waals surface area contributed by atoms with Crippen molar-refractivity contribution in [1.82, 2.24) is 4.57 Å². The van der Waals surface area contributed by atoms with Crippen molar-refractivity contribution in [3.63, 3.8) is 0 Å². The molecule has 1 aliphatic heterocycles. The van der Waals surface area contributed by atoms with E-state index >= 15 is 0 Å². The molecular weight excluding hydrogens is 288 g/mol. The molecule has 4 heteroatoms. The Balaban J connectivity index is 1.83. The molecule has 1 aromatic heterocycles. The van der Waals surface area contributed by atoms with E-state index < -0.39 is 0 Å². The van der Waals surface area contributed by atoms with Crippen molar-refractivity contribution < 1.29 is 4.79 Å². The number of aromatic nitrogens is 1. The Bertz CT molecular complexity index is 838. The van der Waals surface area contributed by atoms with Crippen LogP contribution in [0.4, 0.5) is 5.82 Å². The molecule has 2 heterocycles. The summed E-state index contributed by atoms with van der Waals surface area (Å²) in [5.74, 6) is 0.695. The van der Waals surface area contributed by atoms with E-state index in [0.717, 1.165) is 24.8 Å². The van der Waals surface area contributed by atoms with Gasteiger partial charge in [0, 0.05) is 17.7 Å². The van der Waals surface area contributed by atoms with Crippen molar-refractivity contribution in [2.24, 2.45) is 0 Å². The van der Waals surface area contributed by atoms with Gasteiger partial charge in [0.2, 0.25) is 0 Å². The summed E-state index contributed by atoms with van der Waals surface area (Å²) in [6, 6.07) is 11.3. The summed E-state index contributed by atoms with van der Waals surface area (Å²) in [4.78, 5) is 25.3. The number of rotatable bonds is 2. The molecule has 118 valence electrons. The fourth-order valence-electron chi connectivity index (χ4n) is 3.95. The van der Waals surface area contributed by atoms with Crippen LogP contribution in [0, 0.1) is 6.92 Å². The van der Waals surface area contributed by atoms with Gasteiger partial charge >= 0.3 is 0 Å². The fourth-order valence-corrected chi connectivity index (χ4v) is 3.95. The molecule has 0 spiro atoms. The number of carbonyl (C=O) groups is 1. The number of nitrogens with zero attached hydrogens (tertiary/aromatic N) is 1. The number of anilines is 1. The Labute approximate surface area is 135 Å². The normalized spacial score (nSPS) is 22.1. The van der Waals surface area contributed by atoms with Crippen molar-refractivity contribution in [2.45, 2.75) is 44.7 Å². The quantitative estimate of drug-likeness (QED) is 0.866. The molecule has 2 atom stereocenters. The van der Waals surface area contributed by atoms with E-state index in [1.54, 1.807) is 6.07 Å². The summed E-state index contributed by atoms with van der Waals surface area (Å²) in [5.41, 5.74) is 2.25. The third-order valence-corrected chi connectivity index (χ3v) is 5.14. The standard InChI is InChI=1S/C19H20N2O2/c1-12-6-2-3-7-13(12)18(23)14-10-11-17(22)21-16-9-5-4-8-15(16)20-19(14)21/h2-3,6-7,10-11,15-16,20H,4-5,8-9H2,1H3/t15-,16-/m0/s1. The van der Waals surface area contributed by atoms with Gasteiger partial charge in [-0.15, -0.1) is 0 Å². The minimum absolute atomic E-state index is 0.0109. The number of hydrogen-bond donors (Lipinski definition) is 1. The van der Waals surface area contributed by atoms with Crippen LogP contribution in [0.15, 0.2) is 41.2 Å². The molecule has 2 aliphatic rings. The topological polar surface area (TPSA) is 51.1 Å². The second kappa shape index (κ2) is 5.37. The fraction of sp³-hybridized carbons (Fsp3) is 0.368. The van der Waals surface area contributed by atoms with Crippen LogP contribution >= 0.6 is 0 Å². The summed E-state index contributed by atoms with van der Waals surface area (Å²) >= 11 is 0. The first-order chi connectivity index (χ1) is 11.2. The summed E-state index contributed by atoms with van der Waals surface area (Å²) in [6.45, 7) is 1.94. The van der Waals surface area contributed by atoms with Crippen LogP contribution in [0.3, 0.4) is 0 Å². The molecule has 1 N–H and O–H groups in total. The molecule has 23 heavy (non-hydrogen) atoms. The van der Waals surface area contributed by atoms with E-state index in [0.29, 0.717) is 16.9 Å². The molecule has 0 bridgehead atoms. The predicted molar refractivity (Wildman–Crippen MR) is 90.2 cm³/mol. The number of nitrogens with one attached hydrogen (secondary N) is 1. The number of aryl methyl sites for hydroxylation is 1. The molecule has 0 saturated heterocycles. The maximum Gasteiger partial charge on any atom is 0.252 e. The van der Waals surface area contributed by atoms with Gasteiger partial charge in [0.05, 0.1) is 11.6 Å². The lowest BCUT2D eigenvalue weighted by Crippen LogP contribution is -2.29. The van der Waals surface area contributed by atoms with Gasteiger partial charge in [-0.05, 0) is 31.4 Å². The Kier molecular flexibility index (Phi) is 3.33. The van der Waals surface area contributed by atoms with E-state index in [-0.39, 0.29) is 23.4 Å². The summed E-state index contributed by atoms with van der Waals surface area (Å²) in [7, 11) is 0. The molecule has 0 unspecified atom stereocenters. The lowest BCUT2D eigenvalue weighted by Gasteiger charge is -2.25. The number of fused-ring (bicyclic) bond motifs is 3. The van der Waals surface area contributed by atoms with E-state index in [2.05, 4.69) is 5.32 Å².